The number of ether oxygens (including phenoxy) is 3. The third-order valence-electron chi connectivity index (χ3n) is 14.6. The molecular weight excluding hydrogens is 841 g/mol. The number of rotatable bonds is 56. The van der Waals surface area contributed by atoms with Gasteiger partial charge in [0.15, 0.2) is 6.10 Å². The van der Waals surface area contributed by atoms with Crippen LogP contribution in [-0.2, 0) is 28.6 Å². The molecule has 0 radical (unpaired) electrons. The molecule has 0 aliphatic rings. The zero-order valence-electron chi connectivity index (χ0n) is 46.7. The van der Waals surface area contributed by atoms with Crippen molar-refractivity contribution in [1.29, 1.82) is 0 Å². The van der Waals surface area contributed by atoms with E-state index in [9.17, 15) is 14.4 Å². The Bertz CT molecular complexity index is 1040. The monoisotopic (exact) mass is 961 g/mol. The van der Waals surface area contributed by atoms with Crippen LogP contribution >= 0.6 is 0 Å². The first-order valence-electron chi connectivity index (χ1n) is 30.8. The molecule has 2 atom stereocenters. The molecule has 68 heavy (non-hydrogen) atoms. The second kappa shape index (κ2) is 54.7. The van der Waals surface area contributed by atoms with E-state index in [2.05, 4.69) is 34.6 Å². The van der Waals surface area contributed by atoms with Crippen LogP contribution in [0.3, 0.4) is 0 Å². The highest BCUT2D eigenvalue weighted by molar-refractivity contribution is 5.71. The predicted octanol–water partition coefficient (Wildman–Crippen LogP) is 20.4. The third kappa shape index (κ3) is 53.8. The molecule has 0 heterocycles. The minimum absolute atomic E-state index is 0.0621. The first-order chi connectivity index (χ1) is 33.3. The predicted molar refractivity (Wildman–Crippen MR) is 293 cm³/mol. The second-order valence-electron chi connectivity index (χ2n) is 22.1. The fourth-order valence-electron chi connectivity index (χ4n) is 9.55. The summed E-state index contributed by atoms with van der Waals surface area (Å²) in [4.78, 5) is 38.2. The highest BCUT2D eigenvalue weighted by Crippen LogP contribution is 2.19. The van der Waals surface area contributed by atoms with Gasteiger partial charge >= 0.3 is 17.9 Å². The van der Waals surface area contributed by atoms with Crippen LogP contribution in [0.25, 0.3) is 0 Å². The maximum absolute atomic E-state index is 12.9. The normalized spacial score (nSPS) is 12.4. The molecule has 0 spiro atoms. The first-order valence-corrected chi connectivity index (χ1v) is 30.8. The molecule has 1 unspecified atom stereocenters. The lowest BCUT2D eigenvalue weighted by Crippen LogP contribution is -2.30. The van der Waals surface area contributed by atoms with Gasteiger partial charge in [-0.15, -0.1) is 0 Å². The number of hydrogen-bond acceptors (Lipinski definition) is 6. The van der Waals surface area contributed by atoms with Gasteiger partial charge in [-0.1, -0.05) is 311 Å². The molecule has 0 saturated heterocycles. The Balaban J connectivity index is 4.30. The summed E-state index contributed by atoms with van der Waals surface area (Å²) in [5.74, 6) is 0.900. The maximum Gasteiger partial charge on any atom is 0.306 e. The van der Waals surface area contributed by atoms with Gasteiger partial charge in [0.05, 0.1) is 0 Å². The Morgan fingerprint density at radius 3 is 0.838 bits per heavy atom. The van der Waals surface area contributed by atoms with Crippen LogP contribution in [0.15, 0.2) is 0 Å². The summed E-state index contributed by atoms with van der Waals surface area (Å²) < 4.78 is 16.9. The Morgan fingerprint density at radius 2 is 0.559 bits per heavy atom. The van der Waals surface area contributed by atoms with E-state index in [0.29, 0.717) is 19.3 Å². The fraction of sp³-hybridized carbons (Fsp3) is 0.952. The summed E-state index contributed by atoms with van der Waals surface area (Å²) in [6, 6.07) is 0. The number of unbranched alkanes of at least 4 members (excludes halogenated alkanes) is 40. The standard InChI is InChI=1S/C62H120O6/c1-6-8-9-10-11-12-13-14-15-16-22-27-32-37-42-47-52-60(63)66-55-59(68-62(65)54-49-44-39-34-29-24-19-20-25-30-35-40-45-50-57(3)4)56-67-61(64)53-48-43-38-33-28-23-18-17-21-26-31-36-41-46-51-58(5)7-2/h57-59H,6-56H2,1-5H3/t58?,59-/m0/s1. The number of carbonyl (C=O) groups excluding carboxylic acids is 3. The van der Waals surface area contributed by atoms with E-state index in [-0.39, 0.29) is 31.1 Å². The highest BCUT2D eigenvalue weighted by Gasteiger charge is 2.19. The molecule has 0 aliphatic heterocycles. The van der Waals surface area contributed by atoms with Gasteiger partial charge in [0, 0.05) is 19.3 Å². The summed E-state index contributed by atoms with van der Waals surface area (Å²) in [6.07, 6.45) is 59.4. The number of esters is 3. The van der Waals surface area contributed by atoms with Gasteiger partial charge in [-0.2, -0.15) is 0 Å². The Hall–Kier alpha value is -1.59. The maximum atomic E-state index is 12.9. The van der Waals surface area contributed by atoms with Crippen LogP contribution in [0.5, 0.6) is 0 Å². The molecule has 0 aromatic rings. The largest absolute Gasteiger partial charge is 0.462 e. The van der Waals surface area contributed by atoms with Gasteiger partial charge in [0.25, 0.3) is 0 Å². The second-order valence-corrected chi connectivity index (χ2v) is 22.1. The molecule has 6 nitrogen and oxygen atoms in total. The molecule has 0 rings (SSSR count). The number of carbonyl (C=O) groups is 3. The summed E-state index contributed by atoms with van der Waals surface area (Å²) in [6.45, 7) is 11.5. The van der Waals surface area contributed by atoms with Crippen LogP contribution in [-0.4, -0.2) is 37.2 Å². The van der Waals surface area contributed by atoms with Gasteiger partial charge in [-0.25, -0.2) is 0 Å². The van der Waals surface area contributed by atoms with Crippen molar-refractivity contribution >= 4 is 17.9 Å². The summed E-state index contributed by atoms with van der Waals surface area (Å²) in [5.41, 5.74) is 0. The van der Waals surface area contributed by atoms with Gasteiger partial charge in [0.2, 0.25) is 0 Å². The van der Waals surface area contributed by atoms with Crippen molar-refractivity contribution in [3.63, 3.8) is 0 Å². The summed E-state index contributed by atoms with van der Waals surface area (Å²) in [7, 11) is 0. The highest BCUT2D eigenvalue weighted by atomic mass is 16.6. The zero-order chi connectivity index (χ0) is 49.6. The fourth-order valence-corrected chi connectivity index (χ4v) is 9.55. The average molecular weight is 962 g/mol. The molecule has 0 fully saturated rings. The lowest BCUT2D eigenvalue weighted by Gasteiger charge is -2.18. The number of hydrogen-bond donors (Lipinski definition) is 0. The molecule has 0 aromatic heterocycles. The van der Waals surface area contributed by atoms with Crippen molar-refractivity contribution in [2.24, 2.45) is 11.8 Å². The topological polar surface area (TPSA) is 78.9 Å². The molecule has 6 heteroatoms. The molecule has 0 bridgehead atoms. The van der Waals surface area contributed by atoms with E-state index >= 15 is 0 Å². The minimum Gasteiger partial charge on any atom is -0.462 e. The van der Waals surface area contributed by atoms with E-state index < -0.39 is 6.10 Å². The van der Waals surface area contributed by atoms with Gasteiger partial charge < -0.3 is 14.2 Å². The van der Waals surface area contributed by atoms with Crippen molar-refractivity contribution < 1.29 is 28.6 Å². The summed E-state index contributed by atoms with van der Waals surface area (Å²) in [5, 5.41) is 0. The smallest absolute Gasteiger partial charge is 0.306 e. The van der Waals surface area contributed by atoms with E-state index in [1.807, 2.05) is 0 Å². The molecule has 404 valence electrons. The van der Waals surface area contributed by atoms with Crippen molar-refractivity contribution in [3.05, 3.63) is 0 Å². The van der Waals surface area contributed by atoms with Crippen LogP contribution in [0, 0.1) is 11.8 Å². The third-order valence-corrected chi connectivity index (χ3v) is 14.6. The van der Waals surface area contributed by atoms with Crippen LogP contribution < -0.4 is 0 Å². The minimum atomic E-state index is -0.763. The molecule has 0 aliphatic carbocycles. The van der Waals surface area contributed by atoms with Crippen LogP contribution in [0.2, 0.25) is 0 Å². The van der Waals surface area contributed by atoms with Gasteiger partial charge in [-0.05, 0) is 31.1 Å². The first kappa shape index (κ1) is 66.4. The Labute approximate surface area is 425 Å². The van der Waals surface area contributed by atoms with Crippen LogP contribution in [0.1, 0.15) is 349 Å². The Kier molecular flexibility index (Phi) is 53.5. The molecule has 0 aromatic carbocycles. The zero-order valence-corrected chi connectivity index (χ0v) is 46.7. The Morgan fingerprint density at radius 1 is 0.309 bits per heavy atom. The quantitative estimate of drug-likeness (QED) is 0.0343. The lowest BCUT2D eigenvalue weighted by atomic mass is 9.99. The summed E-state index contributed by atoms with van der Waals surface area (Å²) >= 11 is 0. The molecular formula is C62H120O6. The lowest BCUT2D eigenvalue weighted by molar-refractivity contribution is -0.167. The molecule has 0 N–H and O–H groups in total. The molecule has 0 amide bonds. The van der Waals surface area contributed by atoms with Gasteiger partial charge in [-0.3, -0.25) is 14.4 Å². The average Bonchev–Trinajstić information content (AvgIpc) is 3.32. The SMILES string of the molecule is CCCCCCCCCCCCCCCCCCC(=O)OC[C@@H](COC(=O)CCCCCCCCCCCCCCCCC(C)CC)OC(=O)CCCCCCCCCCCCCCCC(C)C. The molecule has 0 saturated carbocycles. The van der Waals surface area contributed by atoms with E-state index in [4.69, 9.17) is 14.2 Å². The van der Waals surface area contributed by atoms with E-state index in [1.165, 1.54) is 238 Å². The van der Waals surface area contributed by atoms with Crippen molar-refractivity contribution in [1.82, 2.24) is 0 Å². The van der Waals surface area contributed by atoms with Crippen LogP contribution in [0.4, 0.5) is 0 Å². The van der Waals surface area contributed by atoms with Gasteiger partial charge in [0.1, 0.15) is 13.2 Å². The van der Waals surface area contributed by atoms with E-state index in [1.54, 1.807) is 0 Å². The van der Waals surface area contributed by atoms with E-state index in [0.717, 1.165) is 69.6 Å². The van der Waals surface area contributed by atoms with Crippen molar-refractivity contribution in [3.8, 4) is 0 Å². The van der Waals surface area contributed by atoms with Crippen molar-refractivity contribution in [2.75, 3.05) is 13.2 Å². The van der Waals surface area contributed by atoms with Crippen molar-refractivity contribution in [2.45, 2.75) is 355 Å².